The summed E-state index contributed by atoms with van der Waals surface area (Å²) in [6.45, 7) is -0.0563. The minimum atomic E-state index is -0.0563. The molecule has 0 unspecified atom stereocenters. The topological polar surface area (TPSA) is 64.7 Å². The summed E-state index contributed by atoms with van der Waals surface area (Å²) in [7, 11) is 1.54. The van der Waals surface area contributed by atoms with Crippen molar-refractivity contribution < 1.29 is 14.6 Å². The maximum absolute atomic E-state index is 9.08. The molecule has 5 heteroatoms. The number of nitrogens with two attached hydrogens (primary N) is 1. The predicted octanol–water partition coefficient (Wildman–Crippen LogP) is 3.22. The molecular weight excluding hydrogens is 266 g/mol. The zero-order chi connectivity index (χ0) is 13.8. The molecule has 0 amide bonds. The predicted molar refractivity (Wildman–Crippen MR) is 74.9 cm³/mol. The molecule has 0 fully saturated rings. The van der Waals surface area contributed by atoms with Crippen LogP contribution in [0, 0.1) is 0 Å². The highest BCUT2D eigenvalue weighted by Gasteiger charge is 2.09. The molecule has 3 N–H and O–H groups in total. The van der Waals surface area contributed by atoms with Crippen molar-refractivity contribution in [3.05, 3.63) is 47.0 Å². The van der Waals surface area contributed by atoms with Gasteiger partial charge in [-0.1, -0.05) is 17.7 Å². The Hall–Kier alpha value is -1.91. The number of ether oxygens (including phenoxy) is 2. The number of aliphatic hydroxyl groups excluding tert-OH is 1. The van der Waals surface area contributed by atoms with Gasteiger partial charge in [0.1, 0.15) is 5.75 Å². The number of rotatable bonds is 4. The zero-order valence-corrected chi connectivity index (χ0v) is 11.1. The highest BCUT2D eigenvalue weighted by atomic mass is 35.5. The Balaban J connectivity index is 2.32. The molecule has 4 nitrogen and oxygen atoms in total. The van der Waals surface area contributed by atoms with Crippen LogP contribution in [-0.2, 0) is 6.61 Å². The van der Waals surface area contributed by atoms with E-state index in [9.17, 15) is 0 Å². The largest absolute Gasteiger partial charge is 0.493 e. The van der Waals surface area contributed by atoms with Gasteiger partial charge in [0.2, 0.25) is 0 Å². The van der Waals surface area contributed by atoms with Gasteiger partial charge in [0.15, 0.2) is 11.5 Å². The number of aliphatic hydroxyl groups is 1. The molecule has 0 spiro atoms. The molecule has 100 valence electrons. The molecule has 0 radical (unpaired) electrons. The molecule has 2 rings (SSSR count). The standard InChI is InChI=1S/C14H14ClNO3/c1-18-14-6-9(8-17)2-4-13(14)19-12-5-3-10(16)7-11(12)15/h2-7,17H,8,16H2,1H3. The Bertz CT molecular complexity index is 587. The van der Waals surface area contributed by atoms with Gasteiger partial charge in [0, 0.05) is 5.69 Å². The van der Waals surface area contributed by atoms with E-state index in [-0.39, 0.29) is 6.61 Å². The maximum atomic E-state index is 9.08. The van der Waals surface area contributed by atoms with E-state index < -0.39 is 0 Å². The van der Waals surface area contributed by atoms with Crippen molar-refractivity contribution in [2.45, 2.75) is 6.61 Å². The van der Waals surface area contributed by atoms with Crippen molar-refractivity contribution in [3.8, 4) is 17.2 Å². The van der Waals surface area contributed by atoms with Gasteiger partial charge in [-0.15, -0.1) is 0 Å². The molecule has 2 aromatic carbocycles. The summed E-state index contributed by atoms with van der Waals surface area (Å²) in [5.74, 6) is 1.54. The molecule has 0 aliphatic rings. The molecule has 2 aromatic rings. The van der Waals surface area contributed by atoms with E-state index in [4.69, 9.17) is 31.9 Å². The van der Waals surface area contributed by atoms with Gasteiger partial charge in [-0.2, -0.15) is 0 Å². The van der Waals surface area contributed by atoms with E-state index >= 15 is 0 Å². The first-order valence-corrected chi connectivity index (χ1v) is 6.02. The number of benzene rings is 2. The molecule has 0 heterocycles. The Morgan fingerprint density at radius 2 is 1.84 bits per heavy atom. The zero-order valence-electron chi connectivity index (χ0n) is 10.4. The fourth-order valence-electron chi connectivity index (χ4n) is 1.61. The lowest BCUT2D eigenvalue weighted by molar-refractivity contribution is 0.280. The van der Waals surface area contributed by atoms with Crippen LogP contribution in [0.25, 0.3) is 0 Å². The van der Waals surface area contributed by atoms with Crippen molar-refractivity contribution in [1.29, 1.82) is 0 Å². The van der Waals surface area contributed by atoms with E-state index in [0.29, 0.717) is 28.0 Å². The van der Waals surface area contributed by atoms with Gasteiger partial charge in [0.05, 0.1) is 18.7 Å². The van der Waals surface area contributed by atoms with E-state index in [1.54, 1.807) is 36.4 Å². The first-order valence-electron chi connectivity index (χ1n) is 5.64. The lowest BCUT2D eigenvalue weighted by Gasteiger charge is -2.12. The average Bonchev–Trinajstić information content (AvgIpc) is 2.42. The normalized spacial score (nSPS) is 10.3. The number of halogens is 1. The fraction of sp³-hybridized carbons (Fsp3) is 0.143. The third-order valence-corrected chi connectivity index (χ3v) is 2.88. The Kier molecular flexibility index (Phi) is 4.14. The van der Waals surface area contributed by atoms with Crippen molar-refractivity contribution in [3.63, 3.8) is 0 Å². The first-order chi connectivity index (χ1) is 9.13. The summed E-state index contributed by atoms with van der Waals surface area (Å²) in [6, 6.07) is 10.2. The van der Waals surface area contributed by atoms with Crippen LogP contribution in [0.1, 0.15) is 5.56 Å². The number of nitrogen functional groups attached to an aromatic ring is 1. The lowest BCUT2D eigenvalue weighted by atomic mass is 10.2. The minimum absolute atomic E-state index is 0.0563. The molecule has 0 bridgehead atoms. The molecule has 0 aliphatic heterocycles. The van der Waals surface area contributed by atoms with Gasteiger partial charge >= 0.3 is 0 Å². The monoisotopic (exact) mass is 279 g/mol. The van der Waals surface area contributed by atoms with E-state index in [0.717, 1.165) is 5.56 Å². The van der Waals surface area contributed by atoms with Gasteiger partial charge in [0.25, 0.3) is 0 Å². The third kappa shape index (κ3) is 3.10. The lowest BCUT2D eigenvalue weighted by Crippen LogP contribution is -1.93. The Labute approximate surface area is 116 Å². The third-order valence-electron chi connectivity index (χ3n) is 2.59. The molecule has 19 heavy (non-hydrogen) atoms. The Morgan fingerprint density at radius 1 is 1.11 bits per heavy atom. The summed E-state index contributed by atoms with van der Waals surface area (Å²) in [4.78, 5) is 0. The molecule has 0 atom stereocenters. The van der Waals surface area contributed by atoms with Crippen LogP contribution >= 0.6 is 11.6 Å². The smallest absolute Gasteiger partial charge is 0.169 e. The van der Waals surface area contributed by atoms with Crippen LogP contribution in [-0.4, -0.2) is 12.2 Å². The van der Waals surface area contributed by atoms with Crippen LogP contribution in [0.5, 0.6) is 17.2 Å². The summed E-state index contributed by atoms with van der Waals surface area (Å²) in [6.07, 6.45) is 0. The van der Waals surface area contributed by atoms with Gasteiger partial charge in [-0.05, 0) is 35.9 Å². The summed E-state index contributed by atoms with van der Waals surface area (Å²) in [5, 5.41) is 9.51. The Morgan fingerprint density at radius 3 is 2.47 bits per heavy atom. The molecule has 0 aromatic heterocycles. The SMILES string of the molecule is COc1cc(CO)ccc1Oc1ccc(N)cc1Cl. The van der Waals surface area contributed by atoms with Crippen molar-refractivity contribution >= 4 is 17.3 Å². The van der Waals surface area contributed by atoms with Crippen LogP contribution in [0.4, 0.5) is 5.69 Å². The van der Waals surface area contributed by atoms with E-state index in [2.05, 4.69) is 0 Å². The average molecular weight is 280 g/mol. The maximum Gasteiger partial charge on any atom is 0.169 e. The van der Waals surface area contributed by atoms with Crippen molar-refractivity contribution in [2.24, 2.45) is 0 Å². The molecule has 0 saturated heterocycles. The fourth-order valence-corrected chi connectivity index (χ4v) is 1.84. The summed E-state index contributed by atoms with van der Waals surface area (Å²) >= 11 is 6.05. The van der Waals surface area contributed by atoms with Crippen LogP contribution in [0.15, 0.2) is 36.4 Å². The number of hydrogen-bond donors (Lipinski definition) is 2. The van der Waals surface area contributed by atoms with Crippen molar-refractivity contribution in [2.75, 3.05) is 12.8 Å². The summed E-state index contributed by atoms with van der Waals surface area (Å²) in [5.41, 5.74) is 6.93. The number of methoxy groups -OCH3 is 1. The highest BCUT2D eigenvalue weighted by Crippen LogP contribution is 2.36. The highest BCUT2D eigenvalue weighted by molar-refractivity contribution is 6.32. The molecular formula is C14H14ClNO3. The second-order valence-electron chi connectivity index (χ2n) is 3.94. The van der Waals surface area contributed by atoms with Crippen LogP contribution < -0.4 is 15.2 Å². The van der Waals surface area contributed by atoms with Gasteiger partial charge < -0.3 is 20.3 Å². The van der Waals surface area contributed by atoms with Gasteiger partial charge in [-0.3, -0.25) is 0 Å². The second kappa shape index (κ2) is 5.82. The number of hydrogen-bond acceptors (Lipinski definition) is 4. The quantitative estimate of drug-likeness (QED) is 0.844. The second-order valence-corrected chi connectivity index (χ2v) is 4.34. The summed E-state index contributed by atoms with van der Waals surface area (Å²) < 4.78 is 10.9. The minimum Gasteiger partial charge on any atom is -0.493 e. The first kappa shape index (κ1) is 13.5. The van der Waals surface area contributed by atoms with E-state index in [1.165, 1.54) is 7.11 Å². The van der Waals surface area contributed by atoms with E-state index in [1.807, 2.05) is 0 Å². The van der Waals surface area contributed by atoms with Gasteiger partial charge in [-0.25, -0.2) is 0 Å². The number of anilines is 1. The molecule has 0 aliphatic carbocycles. The molecule has 0 saturated carbocycles. The van der Waals surface area contributed by atoms with Crippen molar-refractivity contribution in [1.82, 2.24) is 0 Å². The van der Waals surface area contributed by atoms with Crippen LogP contribution in [0.2, 0.25) is 5.02 Å². The van der Waals surface area contributed by atoms with Crippen LogP contribution in [0.3, 0.4) is 0 Å².